The molecule has 0 bridgehead atoms. The highest BCUT2D eigenvalue weighted by Gasteiger charge is 2.28. The topological polar surface area (TPSA) is 12.0 Å². The van der Waals surface area contributed by atoms with E-state index in [4.69, 9.17) is 0 Å². The molecule has 1 aliphatic rings. The van der Waals surface area contributed by atoms with E-state index in [0.29, 0.717) is 18.0 Å². The lowest BCUT2D eigenvalue weighted by atomic mass is 9.80. The van der Waals surface area contributed by atoms with Crippen molar-refractivity contribution in [1.82, 2.24) is 5.32 Å². The maximum Gasteiger partial charge on any atom is 0.0353 e. The zero-order chi connectivity index (χ0) is 14.0. The lowest BCUT2D eigenvalue weighted by Gasteiger charge is -2.36. The minimum atomic E-state index is 0.549. The van der Waals surface area contributed by atoms with Gasteiger partial charge in [0, 0.05) is 12.1 Å². The number of benzene rings is 1. The fraction of sp³-hybridized carbons (Fsp3) is 0.667. The molecule has 1 aromatic carbocycles. The SMILES string of the molecule is CCC(CC)C1NC(C)Cc2ccc(C(C)C)cc21. The highest BCUT2D eigenvalue weighted by atomic mass is 15.0. The van der Waals surface area contributed by atoms with Crippen molar-refractivity contribution in [2.45, 2.75) is 71.9 Å². The molecule has 1 N–H and O–H groups in total. The van der Waals surface area contributed by atoms with Crippen molar-refractivity contribution < 1.29 is 0 Å². The van der Waals surface area contributed by atoms with E-state index in [1.54, 1.807) is 11.1 Å². The van der Waals surface area contributed by atoms with Crippen molar-refractivity contribution in [3.63, 3.8) is 0 Å². The predicted octanol–water partition coefficient (Wildman–Crippen LogP) is 4.82. The van der Waals surface area contributed by atoms with Crippen LogP contribution in [0.3, 0.4) is 0 Å². The molecule has 1 heterocycles. The highest BCUT2D eigenvalue weighted by molar-refractivity contribution is 5.38. The van der Waals surface area contributed by atoms with Gasteiger partial charge in [0.05, 0.1) is 0 Å². The van der Waals surface area contributed by atoms with Gasteiger partial charge in [0.25, 0.3) is 0 Å². The summed E-state index contributed by atoms with van der Waals surface area (Å²) >= 11 is 0. The molecule has 0 amide bonds. The van der Waals surface area contributed by atoms with Gasteiger partial charge in [-0.1, -0.05) is 58.7 Å². The van der Waals surface area contributed by atoms with Crippen molar-refractivity contribution >= 4 is 0 Å². The van der Waals surface area contributed by atoms with E-state index in [1.165, 1.54) is 24.8 Å². The summed E-state index contributed by atoms with van der Waals surface area (Å²) in [7, 11) is 0. The molecule has 1 aromatic rings. The molecular formula is C18H29N. The van der Waals surface area contributed by atoms with E-state index >= 15 is 0 Å². The van der Waals surface area contributed by atoms with Crippen LogP contribution in [0.1, 0.15) is 76.1 Å². The van der Waals surface area contributed by atoms with Crippen molar-refractivity contribution in [2.24, 2.45) is 5.92 Å². The predicted molar refractivity (Wildman–Crippen MR) is 83.6 cm³/mol. The van der Waals surface area contributed by atoms with Crippen molar-refractivity contribution in [1.29, 1.82) is 0 Å². The second-order valence-electron chi connectivity index (χ2n) is 6.44. The maximum absolute atomic E-state index is 3.84. The van der Waals surface area contributed by atoms with Gasteiger partial charge in [-0.25, -0.2) is 0 Å². The fourth-order valence-electron chi connectivity index (χ4n) is 3.38. The van der Waals surface area contributed by atoms with Crippen LogP contribution in [-0.4, -0.2) is 6.04 Å². The van der Waals surface area contributed by atoms with Crippen LogP contribution in [0.4, 0.5) is 0 Å². The Morgan fingerprint density at radius 3 is 2.47 bits per heavy atom. The van der Waals surface area contributed by atoms with E-state index in [1.807, 2.05) is 0 Å². The summed E-state index contributed by atoms with van der Waals surface area (Å²) in [6.07, 6.45) is 3.68. The van der Waals surface area contributed by atoms with Gasteiger partial charge in [-0.15, -0.1) is 0 Å². The summed E-state index contributed by atoms with van der Waals surface area (Å²) in [5, 5.41) is 3.84. The maximum atomic E-state index is 3.84. The standard InChI is InChI=1S/C18H29N/c1-6-14(7-2)18-17-11-15(12(3)4)8-9-16(17)10-13(5)19-18/h8-9,11-14,18-19H,6-7,10H2,1-5H3. The average molecular weight is 259 g/mol. The molecule has 0 saturated carbocycles. The minimum absolute atomic E-state index is 0.549. The van der Waals surface area contributed by atoms with Crippen LogP contribution in [0.2, 0.25) is 0 Å². The molecule has 2 unspecified atom stereocenters. The van der Waals surface area contributed by atoms with Gasteiger partial charge in [-0.3, -0.25) is 0 Å². The summed E-state index contributed by atoms with van der Waals surface area (Å²) in [6, 6.07) is 8.31. The number of rotatable bonds is 4. The van der Waals surface area contributed by atoms with Gasteiger partial charge < -0.3 is 5.32 Å². The van der Waals surface area contributed by atoms with Crippen LogP contribution in [0.15, 0.2) is 18.2 Å². The van der Waals surface area contributed by atoms with Gasteiger partial charge in [-0.05, 0) is 41.9 Å². The van der Waals surface area contributed by atoms with Crippen LogP contribution in [0, 0.1) is 5.92 Å². The third-order valence-electron chi connectivity index (χ3n) is 4.68. The molecule has 0 fully saturated rings. The summed E-state index contributed by atoms with van der Waals surface area (Å²) in [5.41, 5.74) is 4.61. The molecule has 1 aliphatic heterocycles. The first-order chi connectivity index (χ1) is 9.06. The fourth-order valence-corrected chi connectivity index (χ4v) is 3.38. The molecule has 0 saturated heterocycles. The minimum Gasteiger partial charge on any atom is -0.307 e. The number of hydrogen-bond donors (Lipinski definition) is 1. The number of nitrogens with one attached hydrogen (secondary N) is 1. The molecule has 0 spiro atoms. The Labute approximate surface area is 118 Å². The molecule has 0 radical (unpaired) electrons. The summed E-state index contributed by atoms with van der Waals surface area (Å²) < 4.78 is 0. The van der Waals surface area contributed by atoms with Crippen molar-refractivity contribution in [3.05, 3.63) is 34.9 Å². The Morgan fingerprint density at radius 2 is 1.89 bits per heavy atom. The molecule has 106 valence electrons. The second-order valence-corrected chi connectivity index (χ2v) is 6.44. The zero-order valence-corrected chi connectivity index (χ0v) is 13.2. The summed E-state index contributed by atoms with van der Waals surface area (Å²) in [6.45, 7) is 11.5. The van der Waals surface area contributed by atoms with Gasteiger partial charge >= 0.3 is 0 Å². The second kappa shape index (κ2) is 6.09. The lowest BCUT2D eigenvalue weighted by Crippen LogP contribution is -2.40. The number of hydrogen-bond acceptors (Lipinski definition) is 1. The molecule has 2 rings (SSSR count). The summed E-state index contributed by atoms with van der Waals surface area (Å²) in [4.78, 5) is 0. The van der Waals surface area contributed by atoms with Gasteiger partial charge in [-0.2, -0.15) is 0 Å². The summed E-state index contributed by atoms with van der Waals surface area (Å²) in [5.74, 6) is 1.37. The Kier molecular flexibility index (Phi) is 4.67. The Morgan fingerprint density at radius 1 is 1.21 bits per heavy atom. The molecule has 0 aromatic heterocycles. The van der Waals surface area contributed by atoms with Crippen LogP contribution in [0.25, 0.3) is 0 Å². The third-order valence-corrected chi connectivity index (χ3v) is 4.68. The Bertz CT molecular complexity index is 418. The largest absolute Gasteiger partial charge is 0.307 e. The van der Waals surface area contributed by atoms with Gasteiger partial charge in [0.1, 0.15) is 0 Å². The molecule has 2 atom stereocenters. The van der Waals surface area contributed by atoms with E-state index in [-0.39, 0.29) is 0 Å². The molecular weight excluding hydrogens is 230 g/mol. The van der Waals surface area contributed by atoms with Gasteiger partial charge in [0.15, 0.2) is 0 Å². The smallest absolute Gasteiger partial charge is 0.0353 e. The first-order valence-electron chi connectivity index (χ1n) is 7.95. The van der Waals surface area contributed by atoms with Crippen LogP contribution < -0.4 is 5.32 Å². The molecule has 1 heteroatoms. The average Bonchev–Trinajstić information content (AvgIpc) is 2.39. The first-order valence-corrected chi connectivity index (χ1v) is 7.95. The Balaban J connectivity index is 2.40. The first kappa shape index (κ1) is 14.6. The highest BCUT2D eigenvalue weighted by Crippen LogP contribution is 2.35. The van der Waals surface area contributed by atoms with Gasteiger partial charge in [0.2, 0.25) is 0 Å². The molecule has 1 nitrogen and oxygen atoms in total. The van der Waals surface area contributed by atoms with Crippen LogP contribution in [0.5, 0.6) is 0 Å². The van der Waals surface area contributed by atoms with Crippen LogP contribution in [-0.2, 0) is 6.42 Å². The normalized spacial score (nSPS) is 22.9. The quantitative estimate of drug-likeness (QED) is 0.817. The molecule has 0 aliphatic carbocycles. The lowest BCUT2D eigenvalue weighted by molar-refractivity contribution is 0.297. The Hall–Kier alpha value is -0.820. The van der Waals surface area contributed by atoms with E-state index in [9.17, 15) is 0 Å². The third kappa shape index (κ3) is 3.02. The zero-order valence-electron chi connectivity index (χ0n) is 13.2. The number of fused-ring (bicyclic) bond motifs is 1. The van der Waals surface area contributed by atoms with Crippen molar-refractivity contribution in [2.75, 3.05) is 0 Å². The van der Waals surface area contributed by atoms with E-state index in [0.717, 1.165) is 5.92 Å². The van der Waals surface area contributed by atoms with E-state index < -0.39 is 0 Å². The monoisotopic (exact) mass is 259 g/mol. The van der Waals surface area contributed by atoms with Crippen LogP contribution >= 0.6 is 0 Å². The van der Waals surface area contributed by atoms with Crippen molar-refractivity contribution in [3.8, 4) is 0 Å². The van der Waals surface area contributed by atoms with E-state index in [2.05, 4.69) is 58.1 Å². The molecule has 19 heavy (non-hydrogen) atoms.